The van der Waals surface area contributed by atoms with Crippen LogP contribution in [0.4, 0.5) is 10.2 Å². The highest BCUT2D eigenvalue weighted by atomic mass is 35.5. The van der Waals surface area contributed by atoms with Crippen LogP contribution in [-0.2, 0) is 6.54 Å². The van der Waals surface area contributed by atoms with E-state index in [1.165, 1.54) is 5.56 Å². The molecule has 2 heterocycles. The molecule has 1 aromatic heterocycles. The van der Waals surface area contributed by atoms with Gasteiger partial charge in [0.05, 0.1) is 19.9 Å². The van der Waals surface area contributed by atoms with Crippen LogP contribution >= 0.6 is 11.6 Å². The van der Waals surface area contributed by atoms with E-state index in [0.29, 0.717) is 12.5 Å². The van der Waals surface area contributed by atoms with Gasteiger partial charge in [0.1, 0.15) is 0 Å². The summed E-state index contributed by atoms with van der Waals surface area (Å²) in [5.74, 6) is 1.67. The summed E-state index contributed by atoms with van der Waals surface area (Å²) in [6, 6.07) is 6.25. The highest BCUT2D eigenvalue weighted by molar-refractivity contribution is 6.28. The molecule has 0 amide bonds. The lowest BCUT2D eigenvalue weighted by molar-refractivity contribution is 0.210. The molecule has 2 aromatic rings. The Balaban J connectivity index is 1.55. The first-order chi connectivity index (χ1) is 13.9. The number of piperidine rings is 1. The van der Waals surface area contributed by atoms with Crippen LogP contribution in [0.2, 0.25) is 5.28 Å². The van der Waals surface area contributed by atoms with Crippen LogP contribution < -0.4 is 14.8 Å². The number of anilines is 1. The zero-order valence-corrected chi connectivity index (χ0v) is 17.9. The number of likely N-dealkylation sites (tertiary alicyclic amines) is 1. The number of hydrogen-bond acceptors (Lipinski definition) is 6. The molecule has 1 saturated heterocycles. The highest BCUT2D eigenvalue weighted by Gasteiger charge is 2.21. The Morgan fingerprint density at radius 1 is 1.28 bits per heavy atom. The van der Waals surface area contributed by atoms with E-state index in [9.17, 15) is 4.39 Å². The molecule has 29 heavy (non-hydrogen) atoms. The van der Waals surface area contributed by atoms with Crippen LogP contribution in [0.3, 0.4) is 0 Å². The van der Waals surface area contributed by atoms with Crippen LogP contribution in [0.5, 0.6) is 11.5 Å². The molecule has 8 heteroatoms. The molecule has 1 aromatic carbocycles. The van der Waals surface area contributed by atoms with Gasteiger partial charge in [-0.1, -0.05) is 19.9 Å². The van der Waals surface area contributed by atoms with Gasteiger partial charge in [0.25, 0.3) is 0 Å². The van der Waals surface area contributed by atoms with Crippen molar-refractivity contribution in [3.8, 4) is 11.5 Å². The molecule has 0 saturated carbocycles. The van der Waals surface area contributed by atoms with E-state index in [0.717, 1.165) is 50.2 Å². The lowest BCUT2D eigenvalue weighted by atomic mass is 10.0. The molecular weight excluding hydrogens is 395 g/mol. The average molecular weight is 423 g/mol. The van der Waals surface area contributed by atoms with Gasteiger partial charge in [-0.25, -0.2) is 9.37 Å². The summed E-state index contributed by atoms with van der Waals surface area (Å²) in [7, 11) is 1.66. The first kappa shape index (κ1) is 21.6. The lowest BCUT2D eigenvalue weighted by Gasteiger charge is -2.32. The quantitative estimate of drug-likeness (QED) is 0.637. The van der Waals surface area contributed by atoms with Gasteiger partial charge < -0.3 is 14.8 Å². The summed E-state index contributed by atoms with van der Waals surface area (Å²) in [5.41, 5.74) is 1.18. The maximum Gasteiger partial charge on any atom is 0.224 e. The summed E-state index contributed by atoms with van der Waals surface area (Å²) in [4.78, 5) is 9.97. The smallest absolute Gasteiger partial charge is 0.224 e. The Bertz CT molecular complexity index is 813. The summed E-state index contributed by atoms with van der Waals surface area (Å²) in [6.45, 7) is 7.55. The van der Waals surface area contributed by atoms with Crippen molar-refractivity contribution < 1.29 is 13.9 Å². The fourth-order valence-electron chi connectivity index (χ4n) is 3.32. The van der Waals surface area contributed by atoms with Crippen molar-refractivity contribution in [2.75, 3.05) is 32.1 Å². The summed E-state index contributed by atoms with van der Waals surface area (Å²) >= 11 is 5.77. The van der Waals surface area contributed by atoms with E-state index in [-0.39, 0.29) is 17.1 Å². The maximum atomic E-state index is 13.8. The fraction of sp³-hybridized carbons (Fsp3) is 0.524. The number of nitrogens with one attached hydrogen (secondary N) is 1. The van der Waals surface area contributed by atoms with Crippen LogP contribution in [0.1, 0.15) is 32.3 Å². The predicted octanol–water partition coefficient (Wildman–Crippen LogP) is 4.39. The number of nitrogens with zero attached hydrogens (tertiary/aromatic N) is 3. The van der Waals surface area contributed by atoms with Gasteiger partial charge in [-0.15, -0.1) is 0 Å². The van der Waals surface area contributed by atoms with Crippen LogP contribution in [-0.4, -0.2) is 47.7 Å². The lowest BCUT2D eigenvalue weighted by Crippen LogP contribution is -2.39. The number of benzene rings is 1. The van der Waals surface area contributed by atoms with Gasteiger partial charge in [-0.05, 0) is 48.1 Å². The Morgan fingerprint density at radius 3 is 2.72 bits per heavy atom. The molecular formula is C21H28ClFN4O2. The first-order valence-electron chi connectivity index (χ1n) is 9.91. The number of ether oxygens (including phenoxy) is 2. The predicted molar refractivity (Wildman–Crippen MR) is 112 cm³/mol. The van der Waals surface area contributed by atoms with E-state index in [1.54, 1.807) is 7.11 Å². The van der Waals surface area contributed by atoms with Crippen LogP contribution in [0.15, 0.2) is 24.4 Å². The molecule has 1 N–H and O–H groups in total. The van der Waals surface area contributed by atoms with Crippen molar-refractivity contribution in [3.63, 3.8) is 0 Å². The van der Waals surface area contributed by atoms with Gasteiger partial charge in [-0.3, -0.25) is 4.90 Å². The van der Waals surface area contributed by atoms with Crippen molar-refractivity contribution in [1.82, 2.24) is 14.9 Å². The molecule has 0 atom stereocenters. The average Bonchev–Trinajstić information content (AvgIpc) is 2.71. The van der Waals surface area contributed by atoms with E-state index < -0.39 is 5.82 Å². The molecule has 6 nitrogen and oxygen atoms in total. The molecule has 0 unspecified atom stereocenters. The molecule has 3 rings (SSSR count). The normalized spacial score (nSPS) is 15.5. The van der Waals surface area contributed by atoms with Crippen molar-refractivity contribution in [1.29, 1.82) is 0 Å². The van der Waals surface area contributed by atoms with Gasteiger partial charge in [0.15, 0.2) is 23.1 Å². The Kier molecular flexibility index (Phi) is 7.50. The van der Waals surface area contributed by atoms with Gasteiger partial charge in [0.2, 0.25) is 5.28 Å². The second-order valence-corrected chi connectivity index (χ2v) is 8.06. The highest BCUT2D eigenvalue weighted by Crippen LogP contribution is 2.29. The second kappa shape index (κ2) is 10.1. The van der Waals surface area contributed by atoms with Crippen LogP contribution in [0.25, 0.3) is 0 Å². The number of methoxy groups -OCH3 is 1. The number of hydrogen-bond donors (Lipinski definition) is 1. The standard InChI is InChI=1S/C21H28ClFN4O2/c1-14(2)13-29-19-10-15(4-5-18(19)28-3)12-27-8-6-16(7-9-27)25-20-17(23)11-24-21(22)26-20/h4-5,10-11,14,16H,6-9,12-13H2,1-3H3,(H,24,25,26). The molecule has 0 radical (unpaired) electrons. The fourth-order valence-corrected chi connectivity index (χ4v) is 3.46. The zero-order valence-electron chi connectivity index (χ0n) is 17.1. The first-order valence-corrected chi connectivity index (χ1v) is 10.3. The molecule has 1 aliphatic heterocycles. The molecule has 1 aliphatic rings. The van der Waals surface area contributed by atoms with E-state index in [2.05, 4.69) is 46.2 Å². The number of halogens is 2. The van der Waals surface area contributed by atoms with Crippen molar-refractivity contribution in [2.24, 2.45) is 5.92 Å². The molecule has 158 valence electrons. The van der Waals surface area contributed by atoms with E-state index >= 15 is 0 Å². The Labute approximate surface area is 176 Å². The minimum absolute atomic E-state index is 0.0429. The largest absolute Gasteiger partial charge is 0.493 e. The van der Waals surface area contributed by atoms with Gasteiger partial charge >= 0.3 is 0 Å². The Hall–Kier alpha value is -2.12. The molecule has 0 aliphatic carbocycles. The summed E-state index contributed by atoms with van der Waals surface area (Å²) < 4.78 is 25.1. The third-order valence-electron chi connectivity index (χ3n) is 4.85. The third kappa shape index (κ3) is 6.18. The zero-order chi connectivity index (χ0) is 20.8. The monoisotopic (exact) mass is 422 g/mol. The minimum Gasteiger partial charge on any atom is -0.493 e. The van der Waals surface area contributed by atoms with Gasteiger partial charge in [0, 0.05) is 25.7 Å². The minimum atomic E-state index is -0.482. The number of aromatic nitrogens is 2. The SMILES string of the molecule is COc1ccc(CN2CCC(Nc3nc(Cl)ncc3F)CC2)cc1OCC(C)C. The molecule has 1 fully saturated rings. The van der Waals surface area contributed by atoms with E-state index in [4.69, 9.17) is 21.1 Å². The van der Waals surface area contributed by atoms with Crippen molar-refractivity contribution >= 4 is 17.4 Å². The second-order valence-electron chi connectivity index (χ2n) is 7.72. The maximum absolute atomic E-state index is 13.8. The van der Waals surface area contributed by atoms with Crippen molar-refractivity contribution in [2.45, 2.75) is 39.3 Å². The van der Waals surface area contributed by atoms with Gasteiger partial charge in [-0.2, -0.15) is 4.98 Å². The molecule has 0 bridgehead atoms. The Morgan fingerprint density at radius 2 is 2.03 bits per heavy atom. The molecule has 0 spiro atoms. The van der Waals surface area contributed by atoms with Crippen molar-refractivity contribution in [3.05, 3.63) is 41.1 Å². The topological polar surface area (TPSA) is 59.5 Å². The van der Waals surface area contributed by atoms with E-state index in [1.807, 2.05) is 6.07 Å². The third-order valence-corrected chi connectivity index (χ3v) is 5.03. The summed E-state index contributed by atoms with van der Waals surface area (Å²) in [6.07, 6.45) is 2.89. The number of rotatable bonds is 8. The summed E-state index contributed by atoms with van der Waals surface area (Å²) in [5, 5.41) is 3.19. The van der Waals surface area contributed by atoms with Crippen LogP contribution in [0, 0.1) is 11.7 Å².